The van der Waals surface area contributed by atoms with E-state index < -0.39 is 0 Å². The number of hydrogen-bond donors (Lipinski definition) is 0. The molecule has 1 aromatic heterocycles. The first-order chi connectivity index (χ1) is 9.16. The molecule has 1 nitrogen and oxygen atoms in total. The zero-order chi connectivity index (χ0) is 13.4. The molecule has 1 aromatic carbocycles. The Hall–Kier alpha value is -0.0600. The van der Waals surface area contributed by atoms with Crippen LogP contribution in [0.15, 0.2) is 34.1 Å². The zero-order valence-electron chi connectivity index (χ0n) is 11.1. The zero-order valence-corrected chi connectivity index (χ0v) is 15.1. The summed E-state index contributed by atoms with van der Waals surface area (Å²) in [6.45, 7) is 2.12. The van der Waals surface area contributed by atoms with Crippen molar-refractivity contribution in [1.82, 2.24) is 4.90 Å². The molecular weight excluding hydrogens is 377 g/mol. The Kier molecular flexibility index (Phi) is 5.55. The molecule has 108 valence electrons. The maximum absolute atomic E-state index is 6.44. The van der Waals surface area contributed by atoms with Crippen molar-refractivity contribution in [3.05, 3.63) is 55.1 Å². The van der Waals surface area contributed by atoms with Crippen molar-refractivity contribution in [2.24, 2.45) is 0 Å². The van der Waals surface area contributed by atoms with Gasteiger partial charge >= 0.3 is 0 Å². The molecule has 1 unspecified atom stereocenters. The number of benzene rings is 1. The smallest absolute Gasteiger partial charge is 0.0890 e. The SMILES string of the molecule is CN1CCc2c(sc(Br)c2Cl)C(c2ccccc2)C1.Cl. The predicted molar refractivity (Wildman–Crippen MR) is 93.8 cm³/mol. The fourth-order valence-electron chi connectivity index (χ4n) is 2.67. The van der Waals surface area contributed by atoms with Crippen molar-refractivity contribution in [2.75, 3.05) is 20.1 Å². The summed E-state index contributed by atoms with van der Waals surface area (Å²) < 4.78 is 1.07. The minimum atomic E-state index is 0. The lowest BCUT2D eigenvalue weighted by Gasteiger charge is -2.20. The maximum atomic E-state index is 6.44. The minimum Gasteiger partial charge on any atom is -0.305 e. The summed E-state index contributed by atoms with van der Waals surface area (Å²) in [5.74, 6) is 0.428. The molecule has 20 heavy (non-hydrogen) atoms. The summed E-state index contributed by atoms with van der Waals surface area (Å²) in [5, 5.41) is 0.913. The van der Waals surface area contributed by atoms with Gasteiger partial charge in [0.15, 0.2) is 0 Å². The molecule has 1 aliphatic heterocycles. The number of hydrogen-bond acceptors (Lipinski definition) is 2. The first-order valence-electron chi connectivity index (χ1n) is 6.37. The first kappa shape index (κ1) is 16.3. The third-order valence-electron chi connectivity index (χ3n) is 3.69. The van der Waals surface area contributed by atoms with Crippen LogP contribution in [0.1, 0.15) is 21.9 Å². The van der Waals surface area contributed by atoms with Crippen LogP contribution in [0.3, 0.4) is 0 Å². The standard InChI is InChI=1S/C15H15BrClNS.ClH/c1-18-8-7-11-13(17)15(16)19-14(11)12(9-18)10-5-3-2-4-6-10;/h2-6,12H,7-9H2,1H3;1H. The van der Waals surface area contributed by atoms with E-state index in [1.54, 1.807) is 11.3 Å². The van der Waals surface area contributed by atoms with Crippen molar-refractivity contribution in [2.45, 2.75) is 12.3 Å². The van der Waals surface area contributed by atoms with E-state index in [2.05, 4.69) is 58.2 Å². The molecule has 0 bridgehead atoms. The average molecular weight is 393 g/mol. The van der Waals surface area contributed by atoms with Crippen molar-refractivity contribution < 1.29 is 0 Å². The number of halogens is 3. The van der Waals surface area contributed by atoms with Gasteiger partial charge < -0.3 is 4.90 Å². The van der Waals surface area contributed by atoms with Crippen LogP contribution >= 0.6 is 51.3 Å². The fourth-order valence-corrected chi connectivity index (χ4v) is 4.89. The molecule has 1 atom stereocenters. The number of rotatable bonds is 1. The summed E-state index contributed by atoms with van der Waals surface area (Å²) in [7, 11) is 2.19. The van der Waals surface area contributed by atoms with Gasteiger partial charge in [-0.15, -0.1) is 23.7 Å². The van der Waals surface area contributed by atoms with Crippen LogP contribution in [0, 0.1) is 0 Å². The molecule has 0 radical (unpaired) electrons. The van der Waals surface area contributed by atoms with E-state index in [0.717, 1.165) is 28.3 Å². The van der Waals surface area contributed by atoms with E-state index in [4.69, 9.17) is 11.6 Å². The molecule has 0 fully saturated rings. The van der Waals surface area contributed by atoms with E-state index in [1.165, 1.54) is 16.0 Å². The Balaban J connectivity index is 0.00000147. The molecule has 5 heteroatoms. The second-order valence-electron chi connectivity index (χ2n) is 5.01. The maximum Gasteiger partial charge on any atom is 0.0890 e. The lowest BCUT2D eigenvalue weighted by molar-refractivity contribution is 0.338. The molecule has 0 spiro atoms. The van der Waals surface area contributed by atoms with Gasteiger partial charge in [0.05, 0.1) is 8.81 Å². The van der Waals surface area contributed by atoms with Gasteiger partial charge in [-0.1, -0.05) is 41.9 Å². The van der Waals surface area contributed by atoms with Crippen molar-refractivity contribution in [3.8, 4) is 0 Å². The van der Waals surface area contributed by atoms with E-state index in [1.807, 2.05) is 0 Å². The lowest BCUT2D eigenvalue weighted by Crippen LogP contribution is -2.24. The molecule has 2 aromatic rings. The van der Waals surface area contributed by atoms with Crippen molar-refractivity contribution in [3.63, 3.8) is 0 Å². The summed E-state index contributed by atoms with van der Waals surface area (Å²) in [6, 6.07) is 10.7. The molecule has 0 aliphatic carbocycles. The second kappa shape index (κ2) is 6.80. The Morgan fingerprint density at radius 3 is 2.70 bits per heavy atom. The van der Waals surface area contributed by atoms with Gasteiger partial charge in [0.1, 0.15) is 0 Å². The highest BCUT2D eigenvalue weighted by molar-refractivity contribution is 9.11. The normalized spacial score (nSPS) is 19.1. The molecule has 0 saturated heterocycles. The van der Waals surface area contributed by atoms with Crippen LogP contribution in [-0.4, -0.2) is 25.0 Å². The van der Waals surface area contributed by atoms with Crippen molar-refractivity contribution >= 4 is 51.3 Å². The summed E-state index contributed by atoms with van der Waals surface area (Å²) in [5.41, 5.74) is 2.71. The molecule has 2 heterocycles. The molecule has 3 rings (SSSR count). The molecular formula is C15H16BrCl2NS. The Morgan fingerprint density at radius 2 is 2.00 bits per heavy atom. The summed E-state index contributed by atoms with van der Waals surface area (Å²) in [6.07, 6.45) is 1.04. The van der Waals surface area contributed by atoms with E-state index >= 15 is 0 Å². The highest BCUT2D eigenvalue weighted by Gasteiger charge is 2.27. The van der Waals surface area contributed by atoms with E-state index in [-0.39, 0.29) is 12.4 Å². The Labute approximate surface area is 143 Å². The highest BCUT2D eigenvalue weighted by atomic mass is 79.9. The number of thiophene rings is 1. The largest absolute Gasteiger partial charge is 0.305 e. The van der Waals surface area contributed by atoms with Crippen LogP contribution in [0.2, 0.25) is 5.02 Å². The predicted octanol–water partition coefficient (Wildman–Crippen LogP) is 5.21. The Morgan fingerprint density at radius 1 is 1.30 bits per heavy atom. The van der Waals surface area contributed by atoms with E-state index in [9.17, 15) is 0 Å². The number of nitrogens with zero attached hydrogens (tertiary/aromatic N) is 1. The van der Waals surface area contributed by atoms with Gasteiger partial charge in [0.2, 0.25) is 0 Å². The van der Waals surface area contributed by atoms with Crippen molar-refractivity contribution in [1.29, 1.82) is 0 Å². The fraction of sp³-hybridized carbons (Fsp3) is 0.333. The third-order valence-corrected chi connectivity index (χ3v) is 6.46. The van der Waals surface area contributed by atoms with Gasteiger partial charge in [-0.05, 0) is 40.5 Å². The minimum absolute atomic E-state index is 0. The van der Waals surface area contributed by atoms with Gasteiger partial charge in [0, 0.05) is 23.9 Å². The molecule has 0 amide bonds. The monoisotopic (exact) mass is 391 g/mol. The van der Waals surface area contributed by atoms with Crippen LogP contribution in [0.4, 0.5) is 0 Å². The molecule has 0 saturated carbocycles. The molecule has 1 aliphatic rings. The van der Waals surface area contributed by atoms with Gasteiger partial charge in [0.25, 0.3) is 0 Å². The van der Waals surface area contributed by atoms with Crippen LogP contribution in [-0.2, 0) is 6.42 Å². The van der Waals surface area contributed by atoms with Crippen LogP contribution in [0.25, 0.3) is 0 Å². The van der Waals surface area contributed by atoms with Crippen LogP contribution < -0.4 is 0 Å². The number of likely N-dealkylation sites (N-methyl/N-ethyl adjacent to an activating group) is 1. The van der Waals surface area contributed by atoms with Gasteiger partial charge in [-0.2, -0.15) is 0 Å². The number of fused-ring (bicyclic) bond motifs is 1. The lowest BCUT2D eigenvalue weighted by atomic mass is 9.95. The highest BCUT2D eigenvalue weighted by Crippen LogP contribution is 2.44. The molecule has 0 N–H and O–H groups in total. The Bertz CT molecular complexity index is 585. The van der Waals surface area contributed by atoms with Gasteiger partial charge in [-0.25, -0.2) is 0 Å². The topological polar surface area (TPSA) is 3.24 Å². The average Bonchev–Trinajstić information content (AvgIpc) is 2.60. The summed E-state index contributed by atoms with van der Waals surface area (Å²) in [4.78, 5) is 3.82. The summed E-state index contributed by atoms with van der Waals surface area (Å²) >= 11 is 11.8. The van der Waals surface area contributed by atoms with Gasteiger partial charge in [-0.3, -0.25) is 0 Å². The quantitative estimate of drug-likeness (QED) is 0.644. The van der Waals surface area contributed by atoms with Crippen LogP contribution in [0.5, 0.6) is 0 Å². The van der Waals surface area contributed by atoms with E-state index in [0.29, 0.717) is 5.92 Å². The first-order valence-corrected chi connectivity index (χ1v) is 8.35. The third kappa shape index (κ3) is 3.07. The second-order valence-corrected chi connectivity index (χ2v) is 7.76.